The van der Waals surface area contributed by atoms with Gasteiger partial charge in [0.25, 0.3) is 0 Å². The number of halogens is 1. The monoisotopic (exact) mass is 477 g/mol. The minimum Gasteiger partial charge on any atom is -0.469 e. The Kier molecular flexibility index (Phi) is 11.3. The quantitative estimate of drug-likeness (QED) is 0.329. The van der Waals surface area contributed by atoms with E-state index >= 15 is 0 Å². The van der Waals surface area contributed by atoms with E-state index in [9.17, 15) is 0 Å². The molecule has 0 amide bonds. The van der Waals surface area contributed by atoms with Gasteiger partial charge in [-0.25, -0.2) is 0 Å². The summed E-state index contributed by atoms with van der Waals surface area (Å²) in [6.45, 7) is 9.34. The number of rotatable bonds is 8. The summed E-state index contributed by atoms with van der Waals surface area (Å²) in [5, 5.41) is 7.14. The molecule has 2 N–H and O–H groups in total. The van der Waals surface area contributed by atoms with Crippen LogP contribution in [0, 0.1) is 0 Å². The van der Waals surface area contributed by atoms with E-state index < -0.39 is 0 Å². The Morgan fingerprint density at radius 1 is 1.27 bits per heavy atom. The molecule has 1 atom stereocenters. The highest BCUT2D eigenvalue weighted by atomic mass is 127. The fourth-order valence-electron chi connectivity index (χ4n) is 3.12. The van der Waals surface area contributed by atoms with E-state index in [0.717, 1.165) is 56.8 Å². The highest BCUT2D eigenvalue weighted by Crippen LogP contribution is 2.22. The molecule has 0 aromatic carbocycles. The fourth-order valence-corrected chi connectivity index (χ4v) is 3.12. The molecule has 0 bridgehead atoms. The average molecular weight is 477 g/mol. The molecular formula is C20H36IN3O2. The highest BCUT2D eigenvalue weighted by molar-refractivity contribution is 14.0. The van der Waals surface area contributed by atoms with Crippen LogP contribution in [-0.2, 0) is 11.2 Å². The lowest BCUT2D eigenvalue weighted by atomic mass is 9.93. The first kappa shape index (κ1) is 23.3. The topological polar surface area (TPSA) is 58.8 Å². The third kappa shape index (κ3) is 8.75. The maximum absolute atomic E-state index is 5.95. The van der Waals surface area contributed by atoms with Crippen molar-refractivity contribution < 1.29 is 9.15 Å². The molecule has 5 nitrogen and oxygen atoms in total. The average Bonchev–Trinajstić information content (AvgIpc) is 3.09. The molecule has 1 aliphatic carbocycles. The summed E-state index contributed by atoms with van der Waals surface area (Å²) >= 11 is 0. The van der Waals surface area contributed by atoms with Crippen LogP contribution in [0.15, 0.2) is 27.8 Å². The third-order valence-electron chi connectivity index (χ3n) is 4.68. The summed E-state index contributed by atoms with van der Waals surface area (Å²) < 4.78 is 11.3. The molecule has 6 heteroatoms. The van der Waals surface area contributed by atoms with E-state index in [2.05, 4.69) is 38.3 Å². The van der Waals surface area contributed by atoms with Gasteiger partial charge in [0, 0.05) is 25.0 Å². The lowest BCUT2D eigenvalue weighted by molar-refractivity contribution is -0.0152. The number of hydrogen-bond acceptors (Lipinski definition) is 3. The molecule has 0 radical (unpaired) electrons. The van der Waals surface area contributed by atoms with Crippen LogP contribution >= 0.6 is 24.0 Å². The Labute approximate surface area is 175 Å². The molecule has 0 spiro atoms. The zero-order valence-electron chi connectivity index (χ0n) is 16.7. The normalized spacial score (nSPS) is 22.0. The van der Waals surface area contributed by atoms with Crippen LogP contribution in [-0.4, -0.2) is 36.8 Å². The summed E-state index contributed by atoms with van der Waals surface area (Å²) in [6.07, 6.45) is 8.88. The smallest absolute Gasteiger partial charge is 0.191 e. The molecule has 2 rings (SSSR count). The Morgan fingerprint density at radius 3 is 2.58 bits per heavy atom. The molecule has 150 valence electrons. The van der Waals surface area contributed by atoms with E-state index in [1.165, 1.54) is 0 Å². The first-order valence-corrected chi connectivity index (χ1v) is 9.82. The number of aliphatic imine (C=N–C) groups is 1. The van der Waals surface area contributed by atoms with Crippen molar-refractivity contribution in [3.05, 3.63) is 24.2 Å². The van der Waals surface area contributed by atoms with Gasteiger partial charge in [-0.05, 0) is 65.0 Å². The van der Waals surface area contributed by atoms with Crippen molar-refractivity contribution in [2.75, 3.05) is 6.54 Å². The molecule has 1 fully saturated rings. The summed E-state index contributed by atoms with van der Waals surface area (Å²) in [5.41, 5.74) is 0. The van der Waals surface area contributed by atoms with Gasteiger partial charge < -0.3 is 19.8 Å². The second kappa shape index (κ2) is 12.6. The molecule has 1 saturated carbocycles. The summed E-state index contributed by atoms with van der Waals surface area (Å²) in [4.78, 5) is 4.75. The zero-order chi connectivity index (χ0) is 18.1. The first-order chi connectivity index (χ1) is 12.1. The third-order valence-corrected chi connectivity index (χ3v) is 4.68. The fraction of sp³-hybridized carbons (Fsp3) is 0.750. The van der Waals surface area contributed by atoms with Gasteiger partial charge in [0.1, 0.15) is 5.76 Å². The van der Waals surface area contributed by atoms with E-state index in [1.807, 2.05) is 12.1 Å². The van der Waals surface area contributed by atoms with Crippen molar-refractivity contribution in [2.45, 2.75) is 90.5 Å². The first-order valence-electron chi connectivity index (χ1n) is 9.82. The second-order valence-electron chi connectivity index (χ2n) is 7.32. The Bertz CT molecular complexity index is 497. The molecular weight excluding hydrogens is 441 g/mol. The largest absolute Gasteiger partial charge is 0.469 e. The minimum absolute atomic E-state index is 0. The Balaban J connectivity index is 0.00000338. The highest BCUT2D eigenvalue weighted by Gasteiger charge is 2.23. The van der Waals surface area contributed by atoms with Gasteiger partial charge in [-0.2, -0.15) is 0 Å². The molecule has 26 heavy (non-hydrogen) atoms. The van der Waals surface area contributed by atoms with Crippen molar-refractivity contribution in [3.8, 4) is 0 Å². The Morgan fingerprint density at radius 2 is 2.00 bits per heavy atom. The van der Waals surface area contributed by atoms with Crippen LogP contribution < -0.4 is 10.6 Å². The van der Waals surface area contributed by atoms with Crippen LogP contribution in [0.2, 0.25) is 0 Å². The van der Waals surface area contributed by atoms with Gasteiger partial charge in [-0.1, -0.05) is 6.92 Å². The van der Waals surface area contributed by atoms with E-state index in [4.69, 9.17) is 14.1 Å². The summed E-state index contributed by atoms with van der Waals surface area (Å²) in [6, 6.07) is 4.81. The number of furan rings is 1. The molecule has 0 saturated heterocycles. The maximum Gasteiger partial charge on any atom is 0.191 e. The van der Waals surface area contributed by atoms with Gasteiger partial charge in [0.2, 0.25) is 0 Å². The lowest BCUT2D eigenvalue weighted by Gasteiger charge is -2.31. The maximum atomic E-state index is 5.95. The standard InChI is InChI=1S/C20H35N3O2.HI/c1-5-16(4)22-20(21-13-12-18-7-6-14-24-18)23-17-8-10-19(11-9-17)25-15(2)3;/h6-7,14-17,19H,5,8-13H2,1-4H3,(H2,21,22,23);1H. The number of hydrogen-bond donors (Lipinski definition) is 2. The van der Waals surface area contributed by atoms with Crippen molar-refractivity contribution in [3.63, 3.8) is 0 Å². The molecule has 1 aromatic heterocycles. The minimum atomic E-state index is 0. The van der Waals surface area contributed by atoms with Gasteiger partial charge in [0.05, 0.1) is 18.5 Å². The lowest BCUT2D eigenvalue weighted by Crippen LogP contribution is -2.48. The second-order valence-corrected chi connectivity index (χ2v) is 7.32. The van der Waals surface area contributed by atoms with Crippen molar-refractivity contribution in [1.82, 2.24) is 10.6 Å². The van der Waals surface area contributed by atoms with Crippen LogP contribution in [0.25, 0.3) is 0 Å². The zero-order valence-corrected chi connectivity index (χ0v) is 19.0. The van der Waals surface area contributed by atoms with Crippen LogP contribution in [0.4, 0.5) is 0 Å². The molecule has 0 aliphatic heterocycles. The van der Waals surface area contributed by atoms with E-state index in [0.29, 0.717) is 24.3 Å². The van der Waals surface area contributed by atoms with Crippen LogP contribution in [0.1, 0.15) is 65.6 Å². The van der Waals surface area contributed by atoms with Gasteiger partial charge in [-0.3, -0.25) is 4.99 Å². The number of nitrogens with zero attached hydrogens (tertiary/aromatic N) is 1. The van der Waals surface area contributed by atoms with Gasteiger partial charge >= 0.3 is 0 Å². The van der Waals surface area contributed by atoms with Crippen molar-refractivity contribution in [1.29, 1.82) is 0 Å². The van der Waals surface area contributed by atoms with Crippen molar-refractivity contribution in [2.24, 2.45) is 4.99 Å². The van der Waals surface area contributed by atoms with Crippen LogP contribution in [0.5, 0.6) is 0 Å². The predicted molar refractivity (Wildman–Crippen MR) is 118 cm³/mol. The van der Waals surface area contributed by atoms with Gasteiger partial charge in [0.15, 0.2) is 5.96 Å². The van der Waals surface area contributed by atoms with Crippen molar-refractivity contribution >= 4 is 29.9 Å². The summed E-state index contributed by atoms with van der Waals surface area (Å²) in [5.74, 6) is 1.91. The molecule has 1 aromatic rings. The van der Waals surface area contributed by atoms with Crippen LogP contribution in [0.3, 0.4) is 0 Å². The number of ether oxygens (including phenoxy) is 1. The Hall–Kier alpha value is -0.760. The number of guanidine groups is 1. The number of nitrogens with one attached hydrogen (secondary N) is 2. The van der Waals surface area contributed by atoms with Gasteiger partial charge in [-0.15, -0.1) is 24.0 Å². The van der Waals surface area contributed by atoms with E-state index in [1.54, 1.807) is 6.26 Å². The SMILES string of the molecule is CCC(C)NC(=NCCc1ccco1)NC1CCC(OC(C)C)CC1.I. The molecule has 1 heterocycles. The molecule has 1 unspecified atom stereocenters. The van der Waals surface area contributed by atoms with E-state index in [-0.39, 0.29) is 24.0 Å². The summed E-state index contributed by atoms with van der Waals surface area (Å²) in [7, 11) is 0. The molecule has 1 aliphatic rings. The predicted octanol–water partition coefficient (Wildman–Crippen LogP) is 4.51.